The summed E-state index contributed by atoms with van der Waals surface area (Å²) in [5, 5.41) is 4.86. The Bertz CT molecular complexity index is 802. The van der Waals surface area contributed by atoms with E-state index >= 15 is 0 Å². The van der Waals surface area contributed by atoms with Gasteiger partial charge in [-0.25, -0.2) is 0 Å². The molecule has 0 atom stereocenters. The van der Waals surface area contributed by atoms with Crippen LogP contribution in [0.3, 0.4) is 0 Å². The van der Waals surface area contributed by atoms with Crippen LogP contribution in [-0.2, 0) is 0 Å². The second-order valence-electron chi connectivity index (χ2n) is 4.90. The molecule has 0 saturated carbocycles. The van der Waals surface area contributed by atoms with Gasteiger partial charge in [0.1, 0.15) is 0 Å². The number of aromatic nitrogens is 1. The predicted octanol–water partition coefficient (Wildman–Crippen LogP) is 3.38. The van der Waals surface area contributed by atoms with Crippen LogP contribution in [0.2, 0.25) is 0 Å². The van der Waals surface area contributed by atoms with Crippen molar-refractivity contribution in [1.29, 1.82) is 0 Å². The fourth-order valence-electron chi connectivity index (χ4n) is 2.41. The number of nitrogens with one attached hydrogen (secondary N) is 1. The molecule has 2 aromatic carbocycles. The van der Waals surface area contributed by atoms with Crippen molar-refractivity contribution in [2.45, 2.75) is 6.92 Å². The van der Waals surface area contributed by atoms with Crippen molar-refractivity contribution in [2.75, 3.05) is 11.1 Å². The number of pyridine rings is 1. The lowest BCUT2D eigenvalue weighted by Gasteiger charge is -2.11. The summed E-state index contributed by atoms with van der Waals surface area (Å²) in [5.41, 5.74) is 8.49. The number of nitrogens with zero attached hydrogens (tertiary/aromatic N) is 1. The fourth-order valence-corrected chi connectivity index (χ4v) is 2.41. The van der Waals surface area contributed by atoms with Crippen molar-refractivity contribution < 1.29 is 4.79 Å². The van der Waals surface area contributed by atoms with Gasteiger partial charge in [0.2, 0.25) is 0 Å². The maximum Gasteiger partial charge on any atom is 0.258 e. The Morgan fingerprint density at radius 2 is 1.95 bits per heavy atom. The summed E-state index contributed by atoms with van der Waals surface area (Å²) in [6.45, 7) is 1.87. The minimum Gasteiger partial charge on any atom is -0.398 e. The molecule has 1 amide bonds. The van der Waals surface area contributed by atoms with Crippen LogP contribution in [0.15, 0.2) is 54.9 Å². The van der Waals surface area contributed by atoms with Gasteiger partial charge in [0, 0.05) is 23.5 Å². The molecule has 0 bridgehead atoms. The number of hydrogen-bond donors (Lipinski definition) is 2. The molecule has 0 fully saturated rings. The van der Waals surface area contributed by atoms with E-state index < -0.39 is 0 Å². The summed E-state index contributed by atoms with van der Waals surface area (Å²) in [7, 11) is 0. The number of rotatable bonds is 2. The highest BCUT2D eigenvalue weighted by Gasteiger charge is 2.13. The van der Waals surface area contributed by atoms with Crippen LogP contribution in [-0.4, -0.2) is 10.9 Å². The molecule has 1 heterocycles. The van der Waals surface area contributed by atoms with Crippen molar-refractivity contribution in [3.63, 3.8) is 0 Å². The van der Waals surface area contributed by atoms with Gasteiger partial charge >= 0.3 is 0 Å². The smallest absolute Gasteiger partial charge is 0.258 e. The summed E-state index contributed by atoms with van der Waals surface area (Å²) in [4.78, 5) is 16.6. The van der Waals surface area contributed by atoms with Gasteiger partial charge in [-0.05, 0) is 36.1 Å². The number of amides is 1. The molecule has 1 aromatic heterocycles. The van der Waals surface area contributed by atoms with E-state index in [4.69, 9.17) is 5.73 Å². The van der Waals surface area contributed by atoms with E-state index in [0.717, 1.165) is 22.0 Å². The van der Waals surface area contributed by atoms with Crippen LogP contribution in [0.25, 0.3) is 10.8 Å². The molecule has 0 saturated heterocycles. The maximum absolute atomic E-state index is 12.5. The second-order valence-corrected chi connectivity index (χ2v) is 4.90. The van der Waals surface area contributed by atoms with Crippen LogP contribution in [0.5, 0.6) is 0 Å². The predicted molar refractivity (Wildman–Crippen MR) is 85.3 cm³/mol. The molecule has 3 N–H and O–H groups in total. The third-order valence-corrected chi connectivity index (χ3v) is 3.46. The molecule has 0 aliphatic heterocycles. The average molecular weight is 277 g/mol. The standard InChI is InChI=1S/C17H15N3O/c1-11-4-2-6-14(18)16(11)17(21)20-15-7-3-5-12-8-9-19-10-13(12)15/h2-10H,18H2,1H3,(H,20,21). The lowest BCUT2D eigenvalue weighted by Crippen LogP contribution is -2.15. The van der Waals surface area contributed by atoms with Gasteiger partial charge in [-0.15, -0.1) is 0 Å². The molecular weight excluding hydrogens is 262 g/mol. The number of anilines is 2. The Balaban J connectivity index is 2.01. The second kappa shape index (κ2) is 5.25. The minimum absolute atomic E-state index is 0.207. The number of benzene rings is 2. The Kier molecular flexibility index (Phi) is 3.28. The summed E-state index contributed by atoms with van der Waals surface area (Å²) >= 11 is 0. The van der Waals surface area contributed by atoms with Crippen molar-refractivity contribution in [2.24, 2.45) is 0 Å². The number of carbonyl (C=O) groups excluding carboxylic acids is 1. The highest BCUT2D eigenvalue weighted by molar-refractivity contribution is 6.12. The zero-order valence-electron chi connectivity index (χ0n) is 11.6. The Labute approximate surface area is 122 Å². The molecule has 0 aliphatic carbocycles. The molecule has 104 valence electrons. The molecule has 4 nitrogen and oxygen atoms in total. The quantitative estimate of drug-likeness (QED) is 0.706. The van der Waals surface area contributed by atoms with Crippen molar-refractivity contribution in [3.8, 4) is 0 Å². The van der Waals surface area contributed by atoms with Gasteiger partial charge in [0.05, 0.1) is 11.3 Å². The summed E-state index contributed by atoms with van der Waals surface area (Å²) < 4.78 is 0. The topological polar surface area (TPSA) is 68.0 Å². The van der Waals surface area contributed by atoms with Crippen LogP contribution in [0, 0.1) is 6.92 Å². The monoisotopic (exact) mass is 277 g/mol. The SMILES string of the molecule is Cc1cccc(N)c1C(=O)Nc1cccc2ccncc12. The van der Waals surface area contributed by atoms with Crippen molar-refractivity contribution in [3.05, 3.63) is 66.0 Å². The van der Waals surface area contributed by atoms with Gasteiger partial charge in [-0.2, -0.15) is 0 Å². The molecule has 4 heteroatoms. The molecule has 3 aromatic rings. The zero-order chi connectivity index (χ0) is 14.8. The third kappa shape index (κ3) is 2.43. The molecule has 0 spiro atoms. The van der Waals surface area contributed by atoms with Crippen LogP contribution >= 0.6 is 0 Å². The summed E-state index contributed by atoms with van der Waals surface area (Å²) in [6.07, 6.45) is 3.47. The highest BCUT2D eigenvalue weighted by Crippen LogP contribution is 2.24. The maximum atomic E-state index is 12.5. The van der Waals surface area contributed by atoms with Crippen LogP contribution < -0.4 is 11.1 Å². The first-order valence-electron chi connectivity index (χ1n) is 6.66. The Morgan fingerprint density at radius 1 is 1.14 bits per heavy atom. The molecule has 21 heavy (non-hydrogen) atoms. The number of nitrogens with two attached hydrogens (primary N) is 1. The van der Waals surface area contributed by atoms with E-state index in [9.17, 15) is 4.79 Å². The van der Waals surface area contributed by atoms with E-state index in [1.165, 1.54) is 0 Å². The molecule has 3 rings (SSSR count). The lowest BCUT2D eigenvalue weighted by atomic mass is 10.1. The van der Waals surface area contributed by atoms with Gasteiger partial charge in [-0.3, -0.25) is 9.78 Å². The summed E-state index contributed by atoms with van der Waals surface area (Å²) in [6, 6.07) is 13.1. The van der Waals surface area contributed by atoms with Gasteiger partial charge < -0.3 is 11.1 Å². The van der Waals surface area contributed by atoms with Crippen LogP contribution in [0.1, 0.15) is 15.9 Å². The fraction of sp³-hybridized carbons (Fsp3) is 0.0588. The summed E-state index contributed by atoms with van der Waals surface area (Å²) in [5.74, 6) is -0.207. The lowest BCUT2D eigenvalue weighted by molar-refractivity contribution is 0.102. The first-order chi connectivity index (χ1) is 10.2. The number of hydrogen-bond acceptors (Lipinski definition) is 3. The number of carbonyl (C=O) groups is 1. The number of nitrogen functional groups attached to an aromatic ring is 1. The molecule has 0 aliphatic rings. The van der Waals surface area contributed by atoms with Crippen molar-refractivity contribution >= 4 is 28.1 Å². The van der Waals surface area contributed by atoms with Crippen molar-refractivity contribution in [1.82, 2.24) is 4.98 Å². The first kappa shape index (κ1) is 13.1. The van der Waals surface area contributed by atoms with E-state index in [1.807, 2.05) is 43.3 Å². The van der Waals surface area contributed by atoms with E-state index in [2.05, 4.69) is 10.3 Å². The van der Waals surface area contributed by atoms with Crippen LogP contribution in [0.4, 0.5) is 11.4 Å². The highest BCUT2D eigenvalue weighted by atomic mass is 16.1. The number of aryl methyl sites for hydroxylation is 1. The molecule has 0 radical (unpaired) electrons. The minimum atomic E-state index is -0.207. The van der Waals surface area contributed by atoms with Gasteiger partial charge in [0.25, 0.3) is 5.91 Å². The zero-order valence-corrected chi connectivity index (χ0v) is 11.6. The van der Waals surface area contributed by atoms with Gasteiger partial charge in [0.15, 0.2) is 0 Å². The van der Waals surface area contributed by atoms with E-state index in [0.29, 0.717) is 11.3 Å². The Hall–Kier alpha value is -2.88. The molecular formula is C17H15N3O. The number of fused-ring (bicyclic) bond motifs is 1. The molecule has 0 unspecified atom stereocenters. The third-order valence-electron chi connectivity index (χ3n) is 3.46. The largest absolute Gasteiger partial charge is 0.398 e. The van der Waals surface area contributed by atoms with E-state index in [-0.39, 0.29) is 5.91 Å². The Morgan fingerprint density at radius 3 is 2.76 bits per heavy atom. The first-order valence-corrected chi connectivity index (χ1v) is 6.66. The normalized spacial score (nSPS) is 10.5. The average Bonchev–Trinajstić information content (AvgIpc) is 2.47. The van der Waals surface area contributed by atoms with Gasteiger partial charge in [-0.1, -0.05) is 24.3 Å². The van der Waals surface area contributed by atoms with E-state index in [1.54, 1.807) is 18.5 Å².